The van der Waals surface area contributed by atoms with Gasteiger partial charge >= 0.3 is 6.18 Å². The quantitative estimate of drug-likeness (QED) is 0.731. The van der Waals surface area contributed by atoms with Crippen LogP contribution in [0, 0.1) is 0 Å². The second kappa shape index (κ2) is 6.58. The first-order chi connectivity index (χ1) is 8.40. The van der Waals surface area contributed by atoms with Gasteiger partial charge in [0.15, 0.2) is 0 Å². The molecular formula is C12H15F4NO. The molecule has 0 bridgehead atoms. The summed E-state index contributed by atoms with van der Waals surface area (Å²) < 4.78 is 52.5. The molecule has 0 saturated heterocycles. The molecule has 0 spiro atoms. The topological polar surface area (TPSA) is 12.5 Å². The first-order valence-electron chi connectivity index (χ1n) is 5.44. The minimum absolute atomic E-state index is 0.0494. The van der Waals surface area contributed by atoms with Crippen molar-refractivity contribution in [2.24, 2.45) is 0 Å². The lowest BCUT2D eigenvalue weighted by atomic mass is 10.2. The average molecular weight is 265 g/mol. The lowest BCUT2D eigenvalue weighted by Crippen LogP contribution is -2.24. The van der Waals surface area contributed by atoms with Crippen LogP contribution in [0.2, 0.25) is 0 Å². The maximum Gasteiger partial charge on any atom is 0.390 e. The van der Waals surface area contributed by atoms with Crippen molar-refractivity contribution in [2.75, 3.05) is 20.5 Å². The monoisotopic (exact) mass is 265 g/mol. The maximum absolute atomic E-state index is 12.0. The van der Waals surface area contributed by atoms with Crippen LogP contribution in [0.1, 0.15) is 12.0 Å². The van der Waals surface area contributed by atoms with Gasteiger partial charge in [0.1, 0.15) is 5.75 Å². The predicted octanol–water partition coefficient (Wildman–Crippen LogP) is 3.38. The minimum atomic E-state index is -4.13. The molecule has 0 aliphatic rings. The van der Waals surface area contributed by atoms with Gasteiger partial charge in [-0.25, -0.2) is 4.39 Å². The van der Waals surface area contributed by atoms with Crippen LogP contribution in [-0.2, 0) is 6.54 Å². The number of hydrogen-bond acceptors (Lipinski definition) is 2. The molecule has 0 radical (unpaired) electrons. The summed E-state index contributed by atoms with van der Waals surface area (Å²) in [6.07, 6.45) is -4.96. The molecule has 6 heteroatoms. The summed E-state index contributed by atoms with van der Waals surface area (Å²) in [5.74, 6) is 0.402. The van der Waals surface area contributed by atoms with E-state index in [2.05, 4.69) is 4.74 Å². The molecule has 18 heavy (non-hydrogen) atoms. The fraction of sp³-hybridized carbons (Fsp3) is 0.500. The first kappa shape index (κ1) is 14.8. The smallest absolute Gasteiger partial charge is 0.390 e. The standard InChI is InChI=1S/C12H15F4NO/c1-17(7-6-12(14,15)16)8-10-2-4-11(5-3-10)18-9-13/h2-5H,6-9H2,1H3. The maximum atomic E-state index is 12.0. The Morgan fingerprint density at radius 2 is 1.78 bits per heavy atom. The summed E-state index contributed by atoms with van der Waals surface area (Å²) in [5, 5.41) is 0. The third-order valence-electron chi connectivity index (χ3n) is 2.37. The van der Waals surface area contributed by atoms with Crippen LogP contribution in [0.5, 0.6) is 5.75 Å². The van der Waals surface area contributed by atoms with Crippen molar-refractivity contribution in [3.63, 3.8) is 0 Å². The molecule has 0 heterocycles. The molecule has 1 aromatic carbocycles. The number of alkyl halides is 4. The van der Waals surface area contributed by atoms with E-state index in [1.165, 1.54) is 0 Å². The van der Waals surface area contributed by atoms with E-state index in [1.54, 1.807) is 36.2 Å². The zero-order chi connectivity index (χ0) is 13.6. The third kappa shape index (κ3) is 5.86. The van der Waals surface area contributed by atoms with Gasteiger partial charge < -0.3 is 9.64 Å². The number of benzene rings is 1. The molecule has 0 saturated carbocycles. The van der Waals surface area contributed by atoms with Gasteiger partial charge in [-0.2, -0.15) is 13.2 Å². The van der Waals surface area contributed by atoms with Crippen LogP contribution in [-0.4, -0.2) is 31.5 Å². The molecule has 0 aliphatic heterocycles. The van der Waals surface area contributed by atoms with Gasteiger partial charge in [0.25, 0.3) is 0 Å². The molecule has 0 unspecified atom stereocenters. The Bertz CT molecular complexity index is 350. The van der Waals surface area contributed by atoms with E-state index >= 15 is 0 Å². The lowest BCUT2D eigenvalue weighted by molar-refractivity contribution is -0.137. The molecule has 0 aliphatic carbocycles. The van der Waals surface area contributed by atoms with Crippen LogP contribution in [0.4, 0.5) is 17.6 Å². The predicted molar refractivity (Wildman–Crippen MR) is 60.1 cm³/mol. The van der Waals surface area contributed by atoms with E-state index in [-0.39, 0.29) is 6.54 Å². The molecule has 1 rings (SSSR count). The van der Waals surface area contributed by atoms with E-state index in [0.717, 1.165) is 5.56 Å². The molecule has 0 atom stereocenters. The van der Waals surface area contributed by atoms with Crippen LogP contribution < -0.4 is 4.74 Å². The summed E-state index contributed by atoms with van der Waals surface area (Å²) in [6, 6.07) is 6.59. The van der Waals surface area contributed by atoms with E-state index in [9.17, 15) is 17.6 Å². The summed E-state index contributed by atoms with van der Waals surface area (Å²) >= 11 is 0. The van der Waals surface area contributed by atoms with E-state index in [1.807, 2.05) is 0 Å². The normalized spacial score (nSPS) is 11.9. The first-order valence-corrected chi connectivity index (χ1v) is 5.44. The van der Waals surface area contributed by atoms with E-state index < -0.39 is 19.5 Å². The van der Waals surface area contributed by atoms with Crippen molar-refractivity contribution in [2.45, 2.75) is 19.1 Å². The Morgan fingerprint density at radius 3 is 2.28 bits per heavy atom. The SMILES string of the molecule is CN(CCC(F)(F)F)Cc1ccc(OCF)cc1. The van der Waals surface area contributed by atoms with Crippen molar-refractivity contribution >= 4 is 0 Å². The molecule has 0 aromatic heterocycles. The van der Waals surface area contributed by atoms with E-state index in [0.29, 0.717) is 12.3 Å². The number of hydrogen-bond donors (Lipinski definition) is 0. The zero-order valence-corrected chi connectivity index (χ0v) is 10.0. The van der Waals surface area contributed by atoms with Crippen LogP contribution in [0.25, 0.3) is 0 Å². The van der Waals surface area contributed by atoms with Gasteiger partial charge in [-0.3, -0.25) is 0 Å². The number of nitrogens with zero attached hydrogens (tertiary/aromatic N) is 1. The highest BCUT2D eigenvalue weighted by Crippen LogP contribution is 2.20. The molecule has 1 aromatic rings. The van der Waals surface area contributed by atoms with Gasteiger partial charge in [0.2, 0.25) is 6.86 Å². The summed E-state index contributed by atoms with van der Waals surface area (Å²) in [6.45, 7) is -0.539. The number of rotatable bonds is 6. The lowest BCUT2D eigenvalue weighted by Gasteiger charge is -2.17. The molecule has 0 fully saturated rings. The van der Waals surface area contributed by atoms with Gasteiger partial charge in [0, 0.05) is 13.1 Å². The van der Waals surface area contributed by atoms with Crippen LogP contribution in [0.15, 0.2) is 24.3 Å². The highest BCUT2D eigenvalue weighted by molar-refractivity contribution is 5.27. The largest absolute Gasteiger partial charge is 0.463 e. The summed E-state index contributed by atoms with van der Waals surface area (Å²) in [4.78, 5) is 1.58. The van der Waals surface area contributed by atoms with Gasteiger partial charge in [-0.05, 0) is 24.7 Å². The highest BCUT2D eigenvalue weighted by Gasteiger charge is 2.26. The van der Waals surface area contributed by atoms with Gasteiger partial charge in [-0.15, -0.1) is 0 Å². The van der Waals surface area contributed by atoms with Crippen LogP contribution >= 0.6 is 0 Å². The molecule has 0 amide bonds. The fourth-order valence-electron chi connectivity index (χ4n) is 1.46. The van der Waals surface area contributed by atoms with Crippen molar-refractivity contribution in [3.05, 3.63) is 29.8 Å². The Kier molecular flexibility index (Phi) is 5.40. The molecule has 102 valence electrons. The summed E-state index contributed by atoms with van der Waals surface area (Å²) in [5.41, 5.74) is 0.853. The second-order valence-electron chi connectivity index (χ2n) is 4.00. The Hall–Kier alpha value is -1.30. The van der Waals surface area contributed by atoms with Crippen LogP contribution in [0.3, 0.4) is 0 Å². The third-order valence-corrected chi connectivity index (χ3v) is 2.37. The fourth-order valence-corrected chi connectivity index (χ4v) is 1.46. The van der Waals surface area contributed by atoms with Crippen molar-refractivity contribution in [1.82, 2.24) is 4.90 Å². The summed E-state index contributed by atoms with van der Waals surface area (Å²) in [7, 11) is 1.62. The zero-order valence-electron chi connectivity index (χ0n) is 10.0. The highest BCUT2D eigenvalue weighted by atomic mass is 19.4. The Morgan fingerprint density at radius 1 is 1.17 bits per heavy atom. The number of ether oxygens (including phenoxy) is 1. The Balaban J connectivity index is 2.41. The number of halogens is 4. The molecular weight excluding hydrogens is 250 g/mol. The van der Waals surface area contributed by atoms with Gasteiger partial charge in [0.05, 0.1) is 6.42 Å². The van der Waals surface area contributed by atoms with Crippen molar-refractivity contribution in [3.8, 4) is 5.75 Å². The Labute approximate surface area is 103 Å². The van der Waals surface area contributed by atoms with E-state index in [4.69, 9.17) is 0 Å². The van der Waals surface area contributed by atoms with Gasteiger partial charge in [-0.1, -0.05) is 12.1 Å². The van der Waals surface area contributed by atoms with Crippen molar-refractivity contribution in [1.29, 1.82) is 0 Å². The second-order valence-corrected chi connectivity index (χ2v) is 4.00. The average Bonchev–Trinajstić information content (AvgIpc) is 2.29. The molecule has 0 N–H and O–H groups in total. The minimum Gasteiger partial charge on any atom is -0.463 e. The molecule has 2 nitrogen and oxygen atoms in total. The van der Waals surface area contributed by atoms with Crippen molar-refractivity contribution < 1.29 is 22.3 Å².